The Labute approximate surface area is 338 Å². The van der Waals surface area contributed by atoms with Crippen LogP contribution in [-0.4, -0.2) is 42.9 Å². The maximum absolute atomic E-state index is 13.2. The normalized spacial score (nSPS) is 29.1. The van der Waals surface area contributed by atoms with Crippen LogP contribution in [0.25, 0.3) is 16.5 Å². The highest BCUT2D eigenvalue weighted by Gasteiger charge is 2.47. The lowest BCUT2D eigenvalue weighted by atomic mass is 9.71. The number of hydrogen-bond donors (Lipinski definition) is 6. The number of aromatic nitrogens is 2. The second-order valence-electron chi connectivity index (χ2n) is 17.4. The minimum absolute atomic E-state index is 0.0177. The van der Waals surface area contributed by atoms with E-state index in [2.05, 4.69) is 57.3 Å². The zero-order chi connectivity index (χ0) is 39.7. The molecule has 1 fully saturated rings. The number of Topliss-reactive ketones (excluding diaryl/α,β-unsaturated/α-hetero) is 1. The van der Waals surface area contributed by atoms with E-state index in [1.807, 2.05) is 55.6 Å². The highest BCUT2D eigenvalue weighted by atomic mass is 16.5. The smallest absolute Gasteiger partial charge is 0.191 e. The molecule has 10 rings (SSSR count). The Hall–Kier alpha value is -5.23. The number of ketones is 1. The number of benzene rings is 2. The Balaban J connectivity index is 1.02. The van der Waals surface area contributed by atoms with E-state index in [1.165, 1.54) is 5.57 Å². The number of ether oxygens (including phenoxy) is 2. The van der Waals surface area contributed by atoms with Gasteiger partial charge in [-0.1, -0.05) is 67.9 Å². The first-order chi connectivity index (χ1) is 28.2. The van der Waals surface area contributed by atoms with E-state index in [4.69, 9.17) is 15.2 Å². The van der Waals surface area contributed by atoms with E-state index in [1.54, 1.807) is 0 Å². The van der Waals surface area contributed by atoms with Gasteiger partial charge in [0.05, 0.1) is 29.1 Å². The third kappa shape index (κ3) is 6.35. The number of aryl methyl sites for hydroxylation is 1. The van der Waals surface area contributed by atoms with Crippen LogP contribution >= 0.6 is 0 Å². The molecule has 0 amide bonds. The van der Waals surface area contributed by atoms with Crippen LogP contribution < -0.4 is 20.5 Å². The number of aliphatic hydroxyl groups excluding tert-OH is 3. The Kier molecular flexibility index (Phi) is 9.30. The number of rotatable bonds is 6. The van der Waals surface area contributed by atoms with Crippen molar-refractivity contribution in [1.29, 1.82) is 0 Å². The van der Waals surface area contributed by atoms with Crippen molar-refractivity contribution in [3.05, 3.63) is 101 Å². The van der Waals surface area contributed by atoms with Gasteiger partial charge in [0.2, 0.25) is 0 Å². The van der Waals surface area contributed by atoms with E-state index in [0.717, 1.165) is 82.8 Å². The fourth-order valence-corrected chi connectivity index (χ4v) is 10.6. The Morgan fingerprint density at radius 2 is 1.91 bits per heavy atom. The zero-order valence-electron chi connectivity index (χ0n) is 32.7. The van der Waals surface area contributed by atoms with Crippen LogP contribution in [0.1, 0.15) is 123 Å². The molecule has 9 atom stereocenters. The standard InChI is InChI=1S/C48H50N4O6/c1-27-4-9-32(40(55)20-27)41(56)22-30(53)8-5-28-6-15-42-43(21-28)58-47-37(48(18-19-57-42)16-2-3-17-48)13-14-39(54)33-11-12-34-44-29(23-51-46(34)49)7-10-31(45(33)44)35-24-50-38-26-52(47)25-36(35)38/h4,6,9,11-12,15,21,23-27,31-32,37,39-41,46-47,50-51,54-56H,2-3,5,7-8,10,16-17,20,22,49H2,1H3. The molecular weight excluding hydrogens is 729 g/mol. The maximum atomic E-state index is 13.2. The van der Waals surface area contributed by atoms with Crippen molar-refractivity contribution in [2.24, 2.45) is 28.9 Å². The molecule has 10 heteroatoms. The van der Waals surface area contributed by atoms with Gasteiger partial charge in [0, 0.05) is 54.9 Å². The molecule has 0 radical (unpaired) electrons. The molecular formula is C48H50N4O6. The lowest BCUT2D eigenvalue weighted by Gasteiger charge is -2.37. The molecule has 298 valence electrons. The first kappa shape index (κ1) is 37.1. The van der Waals surface area contributed by atoms with Gasteiger partial charge >= 0.3 is 0 Å². The number of carbonyl (C=O) groups is 1. The van der Waals surface area contributed by atoms with Crippen LogP contribution in [0.4, 0.5) is 0 Å². The number of nitrogens with one attached hydrogen (secondary N) is 2. The molecule has 58 heavy (non-hydrogen) atoms. The second-order valence-corrected chi connectivity index (χ2v) is 17.4. The van der Waals surface area contributed by atoms with Crippen LogP contribution in [0.3, 0.4) is 0 Å². The monoisotopic (exact) mass is 778 g/mol. The number of nitrogens with two attached hydrogens (primary N) is 1. The van der Waals surface area contributed by atoms with Gasteiger partial charge in [-0.25, -0.2) is 0 Å². The summed E-state index contributed by atoms with van der Waals surface area (Å²) in [6.45, 7) is 2.03. The maximum Gasteiger partial charge on any atom is 0.191 e. The van der Waals surface area contributed by atoms with Crippen LogP contribution in [0, 0.1) is 47.0 Å². The third-order valence-electron chi connectivity index (χ3n) is 13.7. The molecule has 6 aliphatic rings. The summed E-state index contributed by atoms with van der Waals surface area (Å²) in [7, 11) is 0. The van der Waals surface area contributed by atoms with Gasteiger partial charge < -0.3 is 45.4 Å². The van der Waals surface area contributed by atoms with E-state index in [9.17, 15) is 20.1 Å². The largest absolute Gasteiger partial charge is 0.465 e. The average molecular weight is 779 g/mol. The quantitative estimate of drug-likeness (QED) is 0.0926. The SMILES string of the molecule is CC1C=CC(C(O)CC(=O)CCc2ccc3c(c2)OC2C(C#CC(O)c4ccc5c6c4C(CCC6=CNC5N)c4c[nH]c5cn2cc45)C2(C#CO3)CCCC2)C(O)C1. The van der Waals surface area contributed by atoms with Crippen molar-refractivity contribution in [2.45, 2.75) is 108 Å². The number of H-pyrrole nitrogens is 1. The molecule has 10 nitrogen and oxygen atoms in total. The summed E-state index contributed by atoms with van der Waals surface area (Å²) in [6.07, 6.45) is 18.3. The summed E-state index contributed by atoms with van der Waals surface area (Å²) in [5.74, 6) is 10.8. The number of fused-ring (bicyclic) bond motifs is 6. The minimum atomic E-state index is -1.05. The summed E-state index contributed by atoms with van der Waals surface area (Å²) in [6, 6.07) is 9.74. The molecule has 9 unspecified atom stereocenters. The Morgan fingerprint density at radius 1 is 1.07 bits per heavy atom. The number of aliphatic hydroxyl groups is 3. The lowest BCUT2D eigenvalue weighted by molar-refractivity contribution is -0.122. The molecule has 1 saturated carbocycles. The fraction of sp³-hybridized carbons (Fsp3) is 0.438. The number of aromatic amines is 1. The van der Waals surface area contributed by atoms with Crippen LogP contribution in [0.5, 0.6) is 11.5 Å². The molecule has 2 bridgehead atoms. The van der Waals surface area contributed by atoms with E-state index in [-0.39, 0.29) is 36.6 Å². The predicted octanol–water partition coefficient (Wildman–Crippen LogP) is 6.78. The third-order valence-corrected chi connectivity index (χ3v) is 13.7. The van der Waals surface area contributed by atoms with Gasteiger partial charge in [0.1, 0.15) is 24.2 Å². The topological polar surface area (TPSA) is 155 Å². The van der Waals surface area contributed by atoms with Crippen molar-refractivity contribution < 1.29 is 29.6 Å². The number of allylic oxidation sites excluding steroid dienone is 2. The highest BCUT2D eigenvalue weighted by Crippen LogP contribution is 2.52. The lowest BCUT2D eigenvalue weighted by Crippen LogP contribution is -2.36. The van der Waals surface area contributed by atoms with Crippen molar-refractivity contribution in [2.75, 3.05) is 0 Å². The van der Waals surface area contributed by atoms with Crippen molar-refractivity contribution in [1.82, 2.24) is 14.9 Å². The van der Waals surface area contributed by atoms with Gasteiger partial charge in [0.25, 0.3) is 0 Å². The molecule has 4 aromatic rings. The van der Waals surface area contributed by atoms with E-state index in [0.29, 0.717) is 24.3 Å². The Morgan fingerprint density at radius 3 is 2.76 bits per heavy atom. The summed E-state index contributed by atoms with van der Waals surface area (Å²) >= 11 is 0. The molecule has 2 aromatic heterocycles. The van der Waals surface area contributed by atoms with Gasteiger partial charge in [-0.3, -0.25) is 4.79 Å². The van der Waals surface area contributed by atoms with Crippen LogP contribution in [-0.2, 0) is 11.2 Å². The molecule has 3 aliphatic heterocycles. The molecule has 2 aromatic carbocycles. The first-order valence-corrected chi connectivity index (χ1v) is 21.0. The number of hydrogen-bond acceptors (Lipinski definition) is 8. The van der Waals surface area contributed by atoms with Gasteiger partial charge in [-0.05, 0) is 95.5 Å². The van der Waals surface area contributed by atoms with Crippen LogP contribution in [0.2, 0.25) is 0 Å². The average Bonchev–Trinajstić information content (AvgIpc) is 3.96. The summed E-state index contributed by atoms with van der Waals surface area (Å²) in [5.41, 5.74) is 14.3. The molecule has 0 saturated heterocycles. The summed E-state index contributed by atoms with van der Waals surface area (Å²) < 4.78 is 15.4. The number of carbonyl (C=O) groups excluding carboxylic acids is 1. The summed E-state index contributed by atoms with van der Waals surface area (Å²) in [5, 5.41) is 37.9. The fourth-order valence-electron chi connectivity index (χ4n) is 10.6. The molecule has 3 aliphatic carbocycles. The minimum Gasteiger partial charge on any atom is -0.465 e. The second kappa shape index (κ2) is 14.5. The summed E-state index contributed by atoms with van der Waals surface area (Å²) in [4.78, 5) is 16.7. The number of nitrogens with zero attached hydrogens (tertiary/aromatic N) is 1. The highest BCUT2D eigenvalue weighted by molar-refractivity contribution is 5.86. The molecule has 7 N–H and O–H groups in total. The van der Waals surface area contributed by atoms with E-state index >= 15 is 0 Å². The zero-order valence-corrected chi connectivity index (χ0v) is 32.7. The Bertz CT molecular complexity index is 2480. The predicted molar refractivity (Wildman–Crippen MR) is 220 cm³/mol. The van der Waals surface area contributed by atoms with Gasteiger partial charge in [-0.15, -0.1) is 0 Å². The molecule has 5 heterocycles. The van der Waals surface area contributed by atoms with Gasteiger partial charge in [0.15, 0.2) is 17.7 Å². The van der Waals surface area contributed by atoms with Gasteiger partial charge in [-0.2, -0.15) is 0 Å². The first-order valence-electron chi connectivity index (χ1n) is 21.0. The van der Waals surface area contributed by atoms with Crippen molar-refractivity contribution in [3.63, 3.8) is 0 Å². The van der Waals surface area contributed by atoms with Crippen molar-refractivity contribution >= 4 is 22.3 Å². The van der Waals surface area contributed by atoms with Crippen molar-refractivity contribution in [3.8, 4) is 35.4 Å². The van der Waals surface area contributed by atoms with E-state index < -0.39 is 41.8 Å². The van der Waals surface area contributed by atoms with Crippen LogP contribution in [0.15, 0.2) is 67.3 Å². The molecule has 1 spiro atoms.